The van der Waals surface area contributed by atoms with Gasteiger partial charge in [-0.1, -0.05) is 5.16 Å². The van der Waals surface area contributed by atoms with E-state index in [-0.39, 0.29) is 40.4 Å². The number of aryl methyl sites for hydroxylation is 2. The molecular formula is C26H31F4N5O4. The van der Waals surface area contributed by atoms with Gasteiger partial charge in [0.2, 0.25) is 11.8 Å². The number of hydrogen-bond acceptors (Lipinski definition) is 6. The first-order valence-electron chi connectivity index (χ1n) is 12.8. The van der Waals surface area contributed by atoms with Gasteiger partial charge in [0.1, 0.15) is 24.1 Å². The Bertz CT molecular complexity index is 1240. The highest BCUT2D eigenvalue weighted by Crippen LogP contribution is 2.51. The molecule has 0 radical (unpaired) electrons. The highest BCUT2D eigenvalue weighted by atomic mass is 19.4. The van der Waals surface area contributed by atoms with E-state index in [4.69, 9.17) is 0 Å². The minimum atomic E-state index is -4.56. The fraction of sp³-hybridized carbons (Fsp3) is 0.577. The molecule has 2 aromatic rings. The number of alkyl halides is 3. The highest BCUT2D eigenvalue weighted by molar-refractivity contribution is 6.01. The number of nitrogens with one attached hydrogen (secondary N) is 2. The Balaban J connectivity index is 1.54. The number of halogens is 4. The average molecular weight is 554 g/mol. The normalized spacial score (nSPS) is 17.1. The third-order valence-corrected chi connectivity index (χ3v) is 7.40. The molecule has 2 saturated carbocycles. The first-order chi connectivity index (χ1) is 18.3. The SMILES string of the molecule is Cc1cc(NC(=O)C(NC(=O)c2nonc2C)C(C2CC2)C2CC2)c(F)cc1C(C)C(=O)N(C)CC(F)(F)F. The molecule has 39 heavy (non-hydrogen) atoms. The van der Waals surface area contributed by atoms with Crippen molar-refractivity contribution >= 4 is 23.4 Å². The number of benzene rings is 1. The molecule has 2 aliphatic carbocycles. The Labute approximate surface area is 222 Å². The van der Waals surface area contributed by atoms with Crippen molar-refractivity contribution in [3.8, 4) is 0 Å². The molecule has 13 heteroatoms. The quantitative estimate of drug-likeness (QED) is 0.428. The predicted octanol–water partition coefficient (Wildman–Crippen LogP) is 4.12. The topological polar surface area (TPSA) is 117 Å². The lowest BCUT2D eigenvalue weighted by Gasteiger charge is -2.27. The molecule has 1 aromatic carbocycles. The van der Waals surface area contributed by atoms with Crippen LogP contribution in [-0.4, -0.2) is 58.7 Å². The molecule has 0 spiro atoms. The van der Waals surface area contributed by atoms with Gasteiger partial charge in [-0.3, -0.25) is 14.4 Å². The third-order valence-electron chi connectivity index (χ3n) is 7.40. The van der Waals surface area contributed by atoms with Gasteiger partial charge in [-0.25, -0.2) is 9.02 Å². The summed E-state index contributed by atoms with van der Waals surface area (Å²) < 4.78 is 58.0. The zero-order valence-corrected chi connectivity index (χ0v) is 22.1. The summed E-state index contributed by atoms with van der Waals surface area (Å²) in [5, 5.41) is 12.5. The zero-order chi connectivity index (χ0) is 28.6. The van der Waals surface area contributed by atoms with Gasteiger partial charge in [-0.2, -0.15) is 13.2 Å². The number of likely N-dealkylation sites (N-methyl/N-ethyl adjacent to an activating group) is 1. The maximum atomic E-state index is 15.2. The second-order valence-electron chi connectivity index (χ2n) is 10.6. The van der Waals surface area contributed by atoms with Gasteiger partial charge >= 0.3 is 6.18 Å². The lowest BCUT2D eigenvalue weighted by molar-refractivity contribution is -0.159. The first-order valence-corrected chi connectivity index (χ1v) is 12.8. The minimum Gasteiger partial charge on any atom is -0.338 e. The Kier molecular flexibility index (Phi) is 7.99. The minimum absolute atomic E-state index is 0.0429. The smallest absolute Gasteiger partial charge is 0.338 e. The molecule has 2 unspecified atom stereocenters. The fourth-order valence-corrected chi connectivity index (χ4v) is 5.16. The summed E-state index contributed by atoms with van der Waals surface area (Å²) in [7, 11) is 1.04. The van der Waals surface area contributed by atoms with Crippen LogP contribution in [0, 0.1) is 37.4 Å². The monoisotopic (exact) mass is 553 g/mol. The summed E-state index contributed by atoms with van der Waals surface area (Å²) in [4.78, 5) is 39.5. The Hall–Kier alpha value is -3.51. The van der Waals surface area contributed by atoms with Crippen LogP contribution in [0.2, 0.25) is 0 Å². The summed E-state index contributed by atoms with van der Waals surface area (Å²) >= 11 is 0. The maximum Gasteiger partial charge on any atom is 0.406 e. The van der Waals surface area contributed by atoms with E-state index in [2.05, 4.69) is 25.6 Å². The second-order valence-corrected chi connectivity index (χ2v) is 10.6. The van der Waals surface area contributed by atoms with E-state index in [0.29, 0.717) is 10.5 Å². The van der Waals surface area contributed by atoms with E-state index in [0.717, 1.165) is 38.8 Å². The number of nitrogens with zero attached hydrogens (tertiary/aromatic N) is 3. The number of aromatic nitrogens is 2. The van der Waals surface area contributed by atoms with Crippen LogP contribution in [0.1, 0.15) is 65.8 Å². The average Bonchev–Trinajstić information content (AvgIpc) is 3.78. The van der Waals surface area contributed by atoms with Gasteiger partial charge in [0.15, 0.2) is 5.69 Å². The van der Waals surface area contributed by atoms with Crippen molar-refractivity contribution in [2.24, 2.45) is 17.8 Å². The van der Waals surface area contributed by atoms with Crippen molar-refractivity contribution < 1.29 is 36.6 Å². The summed E-state index contributed by atoms with van der Waals surface area (Å²) in [6.45, 7) is 3.10. The van der Waals surface area contributed by atoms with E-state index < -0.39 is 48.2 Å². The fourth-order valence-electron chi connectivity index (χ4n) is 5.16. The van der Waals surface area contributed by atoms with E-state index in [1.807, 2.05) is 0 Å². The molecule has 1 heterocycles. The van der Waals surface area contributed by atoms with Gasteiger partial charge in [0.25, 0.3) is 5.91 Å². The summed E-state index contributed by atoms with van der Waals surface area (Å²) in [5.41, 5.74) is 0.686. The molecule has 0 saturated heterocycles. The lowest BCUT2D eigenvalue weighted by atomic mass is 9.88. The molecular weight excluding hydrogens is 522 g/mol. The molecule has 3 amide bonds. The molecule has 0 aliphatic heterocycles. The van der Waals surface area contributed by atoms with Gasteiger partial charge in [0.05, 0.1) is 11.6 Å². The van der Waals surface area contributed by atoms with Crippen molar-refractivity contribution in [2.75, 3.05) is 18.9 Å². The van der Waals surface area contributed by atoms with Crippen LogP contribution in [0.3, 0.4) is 0 Å². The van der Waals surface area contributed by atoms with Gasteiger partial charge in [0, 0.05) is 7.05 Å². The molecule has 212 valence electrons. The third kappa shape index (κ3) is 6.74. The number of carbonyl (C=O) groups is 3. The number of anilines is 1. The standard InChI is InChI=1S/C26H31F4N5O4/c1-12-9-19(18(27)10-17(12)13(2)25(38)35(4)11-26(28,29)30)31-24(37)22(20(15-5-6-15)16-7-8-16)32-23(36)21-14(3)33-39-34-21/h9-10,13,15-16,20,22H,5-8,11H2,1-4H3,(H,31,37)(H,32,36). The van der Waals surface area contributed by atoms with E-state index in [1.165, 1.54) is 13.0 Å². The van der Waals surface area contributed by atoms with Crippen molar-refractivity contribution in [1.82, 2.24) is 20.5 Å². The van der Waals surface area contributed by atoms with E-state index in [9.17, 15) is 27.6 Å². The number of amides is 3. The Morgan fingerprint density at radius 1 is 1.10 bits per heavy atom. The summed E-state index contributed by atoms with van der Waals surface area (Å²) in [5.74, 6) is -3.53. The molecule has 2 aliphatic rings. The van der Waals surface area contributed by atoms with Crippen LogP contribution in [0.4, 0.5) is 23.2 Å². The summed E-state index contributed by atoms with van der Waals surface area (Å²) in [6.07, 6.45) is -0.832. The number of rotatable bonds is 10. The molecule has 2 atom stereocenters. The van der Waals surface area contributed by atoms with E-state index in [1.54, 1.807) is 13.8 Å². The van der Waals surface area contributed by atoms with Crippen LogP contribution < -0.4 is 10.6 Å². The van der Waals surface area contributed by atoms with Crippen LogP contribution >= 0.6 is 0 Å². The molecule has 1 aromatic heterocycles. The van der Waals surface area contributed by atoms with Gasteiger partial charge in [-0.05, 0) is 92.6 Å². The van der Waals surface area contributed by atoms with Crippen LogP contribution in [-0.2, 0) is 9.59 Å². The van der Waals surface area contributed by atoms with E-state index >= 15 is 4.39 Å². The highest BCUT2D eigenvalue weighted by Gasteiger charge is 2.48. The zero-order valence-electron chi connectivity index (χ0n) is 22.1. The lowest BCUT2D eigenvalue weighted by Crippen LogP contribution is -2.50. The number of carbonyl (C=O) groups excluding carboxylic acids is 3. The van der Waals surface area contributed by atoms with Crippen LogP contribution in [0.5, 0.6) is 0 Å². The Morgan fingerprint density at radius 3 is 2.23 bits per heavy atom. The largest absolute Gasteiger partial charge is 0.406 e. The van der Waals surface area contributed by atoms with Gasteiger partial charge < -0.3 is 15.5 Å². The number of hydrogen-bond donors (Lipinski definition) is 2. The molecule has 9 nitrogen and oxygen atoms in total. The molecule has 2 N–H and O–H groups in total. The summed E-state index contributed by atoms with van der Waals surface area (Å²) in [6, 6.07) is 1.43. The second kappa shape index (κ2) is 10.9. The van der Waals surface area contributed by atoms with Crippen LogP contribution in [0.15, 0.2) is 16.8 Å². The Morgan fingerprint density at radius 2 is 1.72 bits per heavy atom. The first kappa shape index (κ1) is 28.5. The van der Waals surface area contributed by atoms with Crippen molar-refractivity contribution in [1.29, 1.82) is 0 Å². The van der Waals surface area contributed by atoms with Crippen LogP contribution in [0.25, 0.3) is 0 Å². The van der Waals surface area contributed by atoms with Crippen molar-refractivity contribution in [2.45, 2.75) is 64.6 Å². The van der Waals surface area contributed by atoms with Crippen molar-refractivity contribution in [3.63, 3.8) is 0 Å². The van der Waals surface area contributed by atoms with Gasteiger partial charge in [-0.15, -0.1) is 0 Å². The maximum absolute atomic E-state index is 15.2. The predicted molar refractivity (Wildman–Crippen MR) is 131 cm³/mol. The van der Waals surface area contributed by atoms with Crippen molar-refractivity contribution in [3.05, 3.63) is 40.5 Å². The molecule has 0 bridgehead atoms. The molecule has 2 fully saturated rings. The molecule has 4 rings (SSSR count).